The van der Waals surface area contributed by atoms with Crippen molar-refractivity contribution in [2.45, 2.75) is 51.2 Å². The number of amides is 1. The van der Waals surface area contributed by atoms with Crippen LogP contribution in [0.15, 0.2) is 48.5 Å². The van der Waals surface area contributed by atoms with Crippen molar-refractivity contribution in [3.63, 3.8) is 0 Å². The van der Waals surface area contributed by atoms with E-state index in [-0.39, 0.29) is 31.0 Å². The number of carbonyl (C=O) groups excluding carboxylic acids is 2. The molecule has 0 aromatic heterocycles. The highest BCUT2D eigenvalue weighted by Gasteiger charge is 2.29. The lowest BCUT2D eigenvalue weighted by atomic mass is 9.98. The van der Waals surface area contributed by atoms with Gasteiger partial charge in [0, 0.05) is 38.0 Å². The van der Waals surface area contributed by atoms with E-state index in [9.17, 15) is 9.59 Å². The topological polar surface area (TPSA) is 77.1 Å². The second-order valence-electron chi connectivity index (χ2n) is 10.2. The first-order valence-corrected chi connectivity index (χ1v) is 12.4. The molecule has 35 heavy (non-hydrogen) atoms. The van der Waals surface area contributed by atoms with E-state index in [1.807, 2.05) is 45.0 Å². The molecule has 1 N–H and O–H groups in total. The molecule has 1 saturated heterocycles. The molecule has 0 bridgehead atoms. The lowest BCUT2D eigenvalue weighted by Gasteiger charge is -2.31. The van der Waals surface area contributed by atoms with Gasteiger partial charge >= 0.3 is 12.1 Å². The van der Waals surface area contributed by atoms with Crippen molar-refractivity contribution in [1.82, 2.24) is 10.2 Å². The Morgan fingerprint density at radius 3 is 2.23 bits per heavy atom. The number of hydrogen-bond acceptors (Lipinski definition) is 6. The zero-order valence-corrected chi connectivity index (χ0v) is 20.9. The van der Waals surface area contributed by atoms with E-state index in [0.29, 0.717) is 26.2 Å². The summed E-state index contributed by atoms with van der Waals surface area (Å²) in [5.41, 5.74) is 4.21. The Morgan fingerprint density at radius 1 is 1.03 bits per heavy atom. The molecule has 1 aliphatic heterocycles. The zero-order valence-electron chi connectivity index (χ0n) is 20.9. The van der Waals surface area contributed by atoms with Crippen molar-refractivity contribution < 1.29 is 23.8 Å². The first-order valence-electron chi connectivity index (χ1n) is 12.4. The van der Waals surface area contributed by atoms with E-state index >= 15 is 0 Å². The third kappa shape index (κ3) is 6.83. The molecule has 1 fully saturated rings. The summed E-state index contributed by atoms with van der Waals surface area (Å²) in [5, 5.41) is 3.00. The van der Waals surface area contributed by atoms with Crippen LogP contribution in [0.25, 0.3) is 11.1 Å². The highest BCUT2D eigenvalue weighted by Crippen LogP contribution is 2.44. The largest absolute Gasteiger partial charge is 0.460 e. The van der Waals surface area contributed by atoms with Gasteiger partial charge in [0.05, 0.1) is 13.2 Å². The molecule has 0 spiro atoms. The molecule has 2 aromatic rings. The first-order chi connectivity index (χ1) is 16.8. The van der Waals surface area contributed by atoms with Gasteiger partial charge in [-0.1, -0.05) is 48.5 Å². The van der Waals surface area contributed by atoms with Crippen molar-refractivity contribution in [2.24, 2.45) is 0 Å². The molecule has 4 rings (SSSR count). The van der Waals surface area contributed by atoms with Crippen LogP contribution in [0.5, 0.6) is 0 Å². The minimum Gasteiger partial charge on any atom is -0.460 e. The molecule has 7 nitrogen and oxygen atoms in total. The lowest BCUT2D eigenvalue weighted by molar-refractivity contribution is -0.155. The number of morpholine rings is 1. The molecule has 7 heteroatoms. The van der Waals surface area contributed by atoms with Crippen LogP contribution < -0.4 is 5.32 Å². The molecule has 2 aromatic carbocycles. The smallest absolute Gasteiger partial charge is 0.407 e. The summed E-state index contributed by atoms with van der Waals surface area (Å²) in [6.07, 6.45) is 0.251. The van der Waals surface area contributed by atoms with Crippen molar-refractivity contribution in [3.8, 4) is 11.1 Å². The Bertz CT molecular complexity index is 981. The summed E-state index contributed by atoms with van der Waals surface area (Å²) in [4.78, 5) is 27.4. The van der Waals surface area contributed by atoms with Gasteiger partial charge < -0.3 is 19.5 Å². The monoisotopic (exact) mass is 480 g/mol. The van der Waals surface area contributed by atoms with Crippen LogP contribution in [0.1, 0.15) is 50.7 Å². The number of hydrogen-bond donors (Lipinski definition) is 1. The summed E-state index contributed by atoms with van der Waals surface area (Å²) in [5.74, 6) is -0.258. The number of esters is 1. The average molecular weight is 481 g/mol. The summed E-state index contributed by atoms with van der Waals surface area (Å²) >= 11 is 0. The Hall–Kier alpha value is -2.90. The maximum Gasteiger partial charge on any atom is 0.407 e. The zero-order chi connectivity index (χ0) is 24.8. The number of fused-ring (bicyclic) bond motifs is 3. The fourth-order valence-electron chi connectivity index (χ4n) is 4.80. The maximum absolute atomic E-state index is 12.9. The predicted molar refractivity (Wildman–Crippen MR) is 134 cm³/mol. The Labute approximate surface area is 207 Å². The molecule has 0 saturated carbocycles. The molecule has 1 amide bonds. The molecule has 1 atom stereocenters. The van der Waals surface area contributed by atoms with E-state index in [1.165, 1.54) is 22.3 Å². The number of nitrogens with zero attached hydrogens (tertiary/aromatic N) is 1. The molecule has 0 unspecified atom stereocenters. The normalized spacial score (nSPS) is 16.8. The van der Waals surface area contributed by atoms with Gasteiger partial charge in [0.25, 0.3) is 0 Å². The molecule has 0 radical (unpaired) electrons. The number of ether oxygens (including phenoxy) is 3. The highest BCUT2D eigenvalue weighted by molar-refractivity contribution is 5.79. The van der Waals surface area contributed by atoms with Crippen LogP contribution in [-0.2, 0) is 19.0 Å². The summed E-state index contributed by atoms with van der Waals surface area (Å²) in [6, 6.07) is 16.3. The average Bonchev–Trinajstić information content (AvgIpc) is 3.14. The Balaban J connectivity index is 1.37. The van der Waals surface area contributed by atoms with Gasteiger partial charge in [-0.2, -0.15) is 0 Å². The van der Waals surface area contributed by atoms with Gasteiger partial charge in [0.15, 0.2) is 0 Å². The minimum atomic E-state index is -0.531. The van der Waals surface area contributed by atoms with Crippen LogP contribution in [0.2, 0.25) is 0 Å². The summed E-state index contributed by atoms with van der Waals surface area (Å²) in [7, 11) is 0. The molecule has 1 aliphatic carbocycles. The van der Waals surface area contributed by atoms with Crippen LogP contribution in [-0.4, -0.2) is 68.1 Å². The summed E-state index contributed by atoms with van der Waals surface area (Å²) < 4.78 is 16.6. The fraction of sp³-hybridized carbons (Fsp3) is 0.500. The fourth-order valence-corrected chi connectivity index (χ4v) is 4.80. The van der Waals surface area contributed by atoms with E-state index in [2.05, 4.69) is 34.5 Å². The van der Waals surface area contributed by atoms with Gasteiger partial charge in [-0.15, -0.1) is 0 Å². The minimum absolute atomic E-state index is 0.00704. The molecule has 188 valence electrons. The number of nitrogens with one attached hydrogen (secondary N) is 1. The van der Waals surface area contributed by atoms with Gasteiger partial charge in [0.1, 0.15) is 12.2 Å². The van der Waals surface area contributed by atoms with Crippen molar-refractivity contribution in [1.29, 1.82) is 0 Å². The molecule has 2 aliphatic rings. The predicted octanol–water partition coefficient (Wildman–Crippen LogP) is 4.35. The van der Waals surface area contributed by atoms with Crippen molar-refractivity contribution in [3.05, 3.63) is 59.7 Å². The second kappa shape index (κ2) is 11.2. The first kappa shape index (κ1) is 25.2. The second-order valence-corrected chi connectivity index (χ2v) is 10.2. The maximum atomic E-state index is 12.9. The van der Waals surface area contributed by atoms with Crippen LogP contribution >= 0.6 is 0 Å². The van der Waals surface area contributed by atoms with Gasteiger partial charge in [-0.25, -0.2) is 4.79 Å². The molecular formula is C28H36N2O5. The van der Waals surface area contributed by atoms with Crippen LogP contribution in [0.4, 0.5) is 4.79 Å². The standard InChI is InChI=1S/C28H36N2O5/c1-28(2,3)35-26(31)13-12-20(18-30-14-16-33-17-15-30)29-27(32)34-19-25-23-10-6-4-8-21(23)22-9-5-7-11-24(22)25/h4-11,20,25H,12-19H2,1-3H3,(H,29,32)/t20-/m0/s1. The van der Waals surface area contributed by atoms with E-state index in [1.54, 1.807) is 0 Å². The van der Waals surface area contributed by atoms with Gasteiger partial charge in [0.2, 0.25) is 0 Å². The van der Waals surface area contributed by atoms with Gasteiger partial charge in [-0.3, -0.25) is 9.69 Å². The molecular weight excluding hydrogens is 444 g/mol. The van der Waals surface area contributed by atoms with Gasteiger partial charge in [-0.05, 0) is 49.4 Å². The van der Waals surface area contributed by atoms with Crippen molar-refractivity contribution in [2.75, 3.05) is 39.5 Å². The van der Waals surface area contributed by atoms with Crippen LogP contribution in [0, 0.1) is 0 Å². The van der Waals surface area contributed by atoms with Crippen LogP contribution in [0.3, 0.4) is 0 Å². The highest BCUT2D eigenvalue weighted by atomic mass is 16.6. The third-order valence-corrected chi connectivity index (χ3v) is 6.36. The number of alkyl carbamates (subject to hydrolysis) is 1. The number of rotatable bonds is 8. The summed E-state index contributed by atoms with van der Waals surface area (Å²) in [6.45, 7) is 9.39. The number of benzene rings is 2. The SMILES string of the molecule is CC(C)(C)OC(=O)CC[C@@H](CN1CCOCC1)NC(=O)OCC1c2ccccc2-c2ccccc21. The van der Waals surface area contributed by atoms with E-state index in [0.717, 1.165) is 13.1 Å². The van der Waals surface area contributed by atoms with E-state index in [4.69, 9.17) is 14.2 Å². The van der Waals surface area contributed by atoms with E-state index < -0.39 is 11.7 Å². The number of carbonyl (C=O) groups is 2. The quantitative estimate of drug-likeness (QED) is 0.566. The lowest BCUT2D eigenvalue weighted by Crippen LogP contribution is -2.47. The Kier molecular flexibility index (Phi) is 8.08. The molecule has 1 heterocycles. The third-order valence-electron chi connectivity index (χ3n) is 6.36. The Morgan fingerprint density at radius 2 is 1.63 bits per heavy atom. The van der Waals surface area contributed by atoms with Crippen molar-refractivity contribution >= 4 is 12.1 Å².